The van der Waals surface area contributed by atoms with Gasteiger partial charge in [0.25, 0.3) is 0 Å². The van der Waals surface area contributed by atoms with Gasteiger partial charge in [-0.3, -0.25) is 4.79 Å². The van der Waals surface area contributed by atoms with E-state index >= 15 is 0 Å². The van der Waals surface area contributed by atoms with Gasteiger partial charge in [-0.1, -0.05) is 40.9 Å². The summed E-state index contributed by atoms with van der Waals surface area (Å²) in [5, 5.41) is 9.52. The van der Waals surface area contributed by atoms with Gasteiger partial charge >= 0.3 is 5.97 Å². The Balaban J connectivity index is 2.37. The van der Waals surface area contributed by atoms with E-state index in [1.807, 2.05) is 13.0 Å². The highest BCUT2D eigenvalue weighted by Crippen LogP contribution is 2.65. The molecule has 1 N–H and O–H groups in total. The van der Waals surface area contributed by atoms with Crippen LogP contribution in [0.4, 0.5) is 0 Å². The quantitative estimate of drug-likeness (QED) is 0.840. The van der Waals surface area contributed by atoms with Gasteiger partial charge in [0, 0.05) is 10.9 Å². The number of halogens is 3. The summed E-state index contributed by atoms with van der Waals surface area (Å²) in [5.74, 6) is -2.12. The summed E-state index contributed by atoms with van der Waals surface area (Å²) in [6, 6.07) is 5.37. The maximum Gasteiger partial charge on any atom is 0.310 e. The van der Waals surface area contributed by atoms with E-state index < -0.39 is 16.2 Å². The van der Waals surface area contributed by atoms with E-state index in [9.17, 15) is 4.79 Å². The van der Waals surface area contributed by atoms with E-state index in [2.05, 4.69) is 0 Å². The van der Waals surface area contributed by atoms with Crippen molar-refractivity contribution in [1.82, 2.24) is 0 Å². The molecule has 0 aromatic heterocycles. The highest BCUT2D eigenvalue weighted by Gasteiger charge is 2.68. The second kappa shape index (κ2) is 3.80. The summed E-state index contributed by atoms with van der Waals surface area (Å²) in [4.78, 5) is 10.9. The van der Waals surface area contributed by atoms with Crippen molar-refractivity contribution in [2.45, 2.75) is 17.2 Å². The lowest BCUT2D eigenvalue weighted by Gasteiger charge is -2.03. The normalized spacial score (nSPS) is 26.5. The van der Waals surface area contributed by atoms with E-state index in [1.165, 1.54) is 0 Å². The molecule has 16 heavy (non-hydrogen) atoms. The van der Waals surface area contributed by atoms with E-state index in [4.69, 9.17) is 39.9 Å². The SMILES string of the molecule is Cc1cc(Cl)cc([C@@H]2[C@@H](C(=O)O)C2(Cl)Cl)c1. The fourth-order valence-electron chi connectivity index (χ4n) is 1.99. The predicted molar refractivity (Wildman–Crippen MR) is 64.5 cm³/mol. The third kappa shape index (κ3) is 1.90. The van der Waals surface area contributed by atoms with Crippen molar-refractivity contribution in [3.05, 3.63) is 34.3 Å². The minimum Gasteiger partial charge on any atom is -0.481 e. The summed E-state index contributed by atoms with van der Waals surface area (Å²) >= 11 is 17.8. The fourth-order valence-corrected chi connectivity index (χ4v) is 3.11. The van der Waals surface area contributed by atoms with E-state index in [0.29, 0.717) is 5.02 Å². The summed E-state index contributed by atoms with van der Waals surface area (Å²) in [5.41, 5.74) is 1.74. The van der Waals surface area contributed by atoms with Crippen LogP contribution in [0.1, 0.15) is 17.0 Å². The average molecular weight is 280 g/mol. The van der Waals surface area contributed by atoms with Crippen molar-refractivity contribution in [1.29, 1.82) is 0 Å². The van der Waals surface area contributed by atoms with Crippen molar-refractivity contribution in [3.63, 3.8) is 0 Å². The molecule has 5 heteroatoms. The molecule has 0 saturated heterocycles. The molecule has 0 spiro atoms. The molecule has 1 saturated carbocycles. The third-order valence-electron chi connectivity index (χ3n) is 2.74. The Morgan fingerprint density at radius 2 is 2.00 bits per heavy atom. The van der Waals surface area contributed by atoms with Crippen molar-refractivity contribution in [2.75, 3.05) is 0 Å². The van der Waals surface area contributed by atoms with Crippen LogP contribution in [0.2, 0.25) is 5.02 Å². The number of hydrogen-bond acceptors (Lipinski definition) is 1. The number of carboxylic acid groups (broad SMARTS) is 1. The highest BCUT2D eigenvalue weighted by molar-refractivity contribution is 6.53. The second-order valence-corrected chi connectivity index (χ2v) is 5.91. The van der Waals surface area contributed by atoms with Crippen molar-refractivity contribution >= 4 is 40.8 Å². The van der Waals surface area contributed by atoms with Gasteiger partial charge in [-0.2, -0.15) is 0 Å². The van der Waals surface area contributed by atoms with E-state index in [-0.39, 0.29) is 5.92 Å². The first kappa shape index (κ1) is 12.0. The van der Waals surface area contributed by atoms with Crippen molar-refractivity contribution < 1.29 is 9.90 Å². The van der Waals surface area contributed by atoms with Gasteiger partial charge in [0.2, 0.25) is 0 Å². The van der Waals surface area contributed by atoms with Gasteiger partial charge in [0.05, 0.1) is 5.92 Å². The average Bonchev–Trinajstić information content (AvgIpc) is 2.67. The molecule has 1 fully saturated rings. The molecule has 0 unspecified atom stereocenters. The lowest BCUT2D eigenvalue weighted by Crippen LogP contribution is -2.03. The monoisotopic (exact) mass is 278 g/mol. The van der Waals surface area contributed by atoms with Gasteiger partial charge in [-0.15, -0.1) is 0 Å². The largest absolute Gasteiger partial charge is 0.481 e. The smallest absolute Gasteiger partial charge is 0.310 e. The number of hydrogen-bond donors (Lipinski definition) is 1. The van der Waals surface area contributed by atoms with Crippen molar-refractivity contribution in [3.8, 4) is 0 Å². The van der Waals surface area contributed by atoms with Crippen LogP contribution in [0, 0.1) is 12.8 Å². The molecule has 0 heterocycles. The van der Waals surface area contributed by atoms with E-state index in [0.717, 1.165) is 11.1 Å². The molecular formula is C11H9Cl3O2. The second-order valence-electron chi connectivity index (χ2n) is 4.03. The minimum atomic E-state index is -1.22. The van der Waals surface area contributed by atoms with Gasteiger partial charge in [-0.25, -0.2) is 0 Å². The van der Waals surface area contributed by atoms with Crippen molar-refractivity contribution in [2.24, 2.45) is 5.92 Å². The van der Waals surface area contributed by atoms with Gasteiger partial charge < -0.3 is 5.11 Å². The Kier molecular flexibility index (Phi) is 2.85. The lowest BCUT2D eigenvalue weighted by molar-refractivity contribution is -0.138. The van der Waals surface area contributed by atoms with Crippen LogP contribution < -0.4 is 0 Å². The zero-order valence-corrected chi connectivity index (χ0v) is 10.6. The Hall–Kier alpha value is -0.440. The standard InChI is InChI=1S/C11H9Cl3O2/c1-5-2-6(4-7(12)3-5)8-9(10(15)16)11(8,13)14/h2-4,8-9H,1H3,(H,15,16)/t8-,9+/m1/s1. The molecule has 86 valence electrons. The molecule has 0 aliphatic heterocycles. The zero-order chi connectivity index (χ0) is 12.1. The van der Waals surface area contributed by atoms with Gasteiger partial charge in [0.1, 0.15) is 4.33 Å². The molecule has 2 nitrogen and oxygen atoms in total. The molecule has 2 atom stereocenters. The molecule has 0 amide bonds. The summed E-state index contributed by atoms with van der Waals surface area (Å²) in [6.07, 6.45) is 0. The van der Waals surface area contributed by atoms with Gasteiger partial charge in [-0.05, 0) is 30.2 Å². The topological polar surface area (TPSA) is 37.3 Å². The Morgan fingerprint density at radius 3 is 2.44 bits per heavy atom. The first-order valence-electron chi connectivity index (χ1n) is 4.71. The number of aryl methyl sites for hydroxylation is 1. The van der Waals surface area contributed by atoms with E-state index in [1.54, 1.807) is 12.1 Å². The third-order valence-corrected chi connectivity index (χ3v) is 3.90. The lowest BCUT2D eigenvalue weighted by atomic mass is 10.1. The molecule has 1 aromatic carbocycles. The summed E-state index contributed by atoms with van der Waals surface area (Å²) in [6.45, 7) is 1.89. The number of benzene rings is 1. The number of rotatable bonds is 2. The molecular weight excluding hydrogens is 270 g/mol. The number of alkyl halides is 2. The molecule has 0 radical (unpaired) electrons. The summed E-state index contributed by atoms with van der Waals surface area (Å²) < 4.78 is -1.22. The van der Waals surface area contributed by atoms with Crippen LogP contribution in [-0.4, -0.2) is 15.4 Å². The van der Waals surface area contributed by atoms with Gasteiger partial charge in [0.15, 0.2) is 0 Å². The van der Waals surface area contributed by atoms with Crippen LogP contribution in [0.25, 0.3) is 0 Å². The highest BCUT2D eigenvalue weighted by atomic mass is 35.5. The van der Waals surface area contributed by atoms with Crippen LogP contribution in [0.3, 0.4) is 0 Å². The predicted octanol–water partition coefficient (Wildman–Crippen LogP) is 3.62. The molecule has 2 rings (SSSR count). The Labute approximate surface area is 108 Å². The fraction of sp³-hybridized carbons (Fsp3) is 0.364. The van der Waals surface area contributed by atoms with Crippen LogP contribution >= 0.6 is 34.8 Å². The molecule has 1 aliphatic rings. The first-order valence-corrected chi connectivity index (χ1v) is 5.85. The maximum absolute atomic E-state index is 10.9. The maximum atomic E-state index is 10.9. The first-order chi connectivity index (χ1) is 7.34. The van der Waals surface area contributed by atoms with Crippen LogP contribution in [0.5, 0.6) is 0 Å². The Morgan fingerprint density at radius 1 is 1.38 bits per heavy atom. The number of carbonyl (C=O) groups is 1. The summed E-state index contributed by atoms with van der Waals surface area (Å²) in [7, 11) is 0. The number of aliphatic carboxylic acids is 1. The number of carboxylic acids is 1. The molecule has 0 bridgehead atoms. The minimum absolute atomic E-state index is 0.384. The van der Waals surface area contributed by atoms with Crippen LogP contribution in [0.15, 0.2) is 18.2 Å². The molecule has 1 aromatic rings. The zero-order valence-electron chi connectivity index (χ0n) is 8.38. The van der Waals surface area contributed by atoms with Crippen LogP contribution in [-0.2, 0) is 4.79 Å². The Bertz CT molecular complexity index is 436. The molecule has 1 aliphatic carbocycles.